The number of carbonyl (C=O) groups excluding carboxylic acids is 2. The van der Waals surface area contributed by atoms with Crippen LogP contribution in [0.4, 0.5) is 0 Å². The van der Waals surface area contributed by atoms with Gasteiger partial charge in [0.1, 0.15) is 6.04 Å². The first-order valence-corrected chi connectivity index (χ1v) is 12.5. The van der Waals surface area contributed by atoms with Gasteiger partial charge >= 0.3 is 10.8 Å². The lowest BCUT2D eigenvalue weighted by atomic mass is 9.69. The van der Waals surface area contributed by atoms with Crippen LogP contribution < -0.4 is 4.87 Å². The molecule has 2 aliphatic carbocycles. The van der Waals surface area contributed by atoms with Crippen molar-refractivity contribution >= 4 is 52.2 Å². The summed E-state index contributed by atoms with van der Waals surface area (Å²) in [4.78, 5) is 56.1. The molecule has 2 aromatic rings. The van der Waals surface area contributed by atoms with E-state index >= 15 is 0 Å². The van der Waals surface area contributed by atoms with E-state index in [0.717, 1.165) is 21.2 Å². The van der Waals surface area contributed by atoms with Crippen LogP contribution in [0.1, 0.15) is 29.0 Å². The van der Waals surface area contributed by atoms with E-state index in [1.54, 1.807) is 23.1 Å². The highest BCUT2D eigenvalue weighted by Crippen LogP contribution is 2.68. The van der Waals surface area contributed by atoms with E-state index < -0.39 is 23.8 Å². The molecule has 0 aromatic carbocycles. The molecule has 0 unspecified atom stereocenters. The number of nitrogens with zero attached hydrogens (tertiary/aromatic N) is 1. The molecule has 10 heteroatoms. The van der Waals surface area contributed by atoms with E-state index in [0.29, 0.717) is 0 Å². The van der Waals surface area contributed by atoms with Gasteiger partial charge in [0.05, 0.1) is 16.9 Å². The summed E-state index contributed by atoms with van der Waals surface area (Å²) in [5, 5.41) is 12.4. The van der Waals surface area contributed by atoms with Crippen molar-refractivity contribution in [1.82, 2.24) is 9.88 Å². The number of thioether (sulfide) groups is 1. The number of H-pyrrole nitrogens is 1. The van der Waals surface area contributed by atoms with Gasteiger partial charge in [-0.25, -0.2) is 4.79 Å². The molecule has 30 heavy (non-hydrogen) atoms. The molecular weight excluding hydrogens is 444 g/mol. The maximum absolute atomic E-state index is 13.2. The Kier molecular flexibility index (Phi) is 3.96. The first-order valence-electron chi connectivity index (χ1n) is 9.91. The number of aliphatic carboxylic acids is 1. The van der Waals surface area contributed by atoms with Crippen LogP contribution in [0.5, 0.6) is 0 Å². The molecule has 6 rings (SSSR count). The number of amides is 2. The zero-order chi connectivity index (χ0) is 20.9. The van der Waals surface area contributed by atoms with Crippen LogP contribution in [0.3, 0.4) is 0 Å². The van der Waals surface area contributed by atoms with E-state index in [9.17, 15) is 24.3 Å². The summed E-state index contributed by atoms with van der Waals surface area (Å²) < 4.78 is 0. The number of likely N-dealkylation sites (tertiary alicyclic amines) is 1. The summed E-state index contributed by atoms with van der Waals surface area (Å²) in [7, 11) is 0. The molecular formula is C20H18N2O5S3. The van der Waals surface area contributed by atoms with Crippen LogP contribution in [-0.4, -0.2) is 44.1 Å². The first-order chi connectivity index (χ1) is 14.4. The van der Waals surface area contributed by atoms with Crippen molar-refractivity contribution < 1.29 is 19.5 Å². The normalized spacial score (nSPS) is 37.2. The number of carbonyl (C=O) groups is 3. The summed E-state index contributed by atoms with van der Waals surface area (Å²) >= 11 is 4.54. The zero-order valence-corrected chi connectivity index (χ0v) is 18.3. The fourth-order valence-electron chi connectivity index (χ4n) is 6.32. The summed E-state index contributed by atoms with van der Waals surface area (Å²) in [6.45, 7) is 1.40. The number of imide groups is 1. The van der Waals surface area contributed by atoms with Gasteiger partial charge in [0.2, 0.25) is 11.8 Å². The topological polar surface area (TPSA) is 108 Å². The van der Waals surface area contributed by atoms with Crippen LogP contribution in [0, 0.1) is 29.6 Å². The van der Waals surface area contributed by atoms with E-state index in [4.69, 9.17) is 0 Å². The van der Waals surface area contributed by atoms with Gasteiger partial charge in [-0.1, -0.05) is 17.4 Å². The zero-order valence-electron chi connectivity index (χ0n) is 15.8. The Hall–Kier alpha value is -1.91. The number of rotatable bonds is 3. The minimum absolute atomic E-state index is 0.0245. The van der Waals surface area contributed by atoms with Crippen LogP contribution >= 0.6 is 34.4 Å². The maximum Gasteiger partial charge on any atom is 0.326 e. The third-order valence-corrected chi connectivity index (χ3v) is 10.9. The van der Waals surface area contributed by atoms with E-state index in [1.807, 2.05) is 11.4 Å². The van der Waals surface area contributed by atoms with E-state index in [1.165, 1.54) is 23.1 Å². The number of nitrogens with one attached hydrogen (secondary N) is 1. The quantitative estimate of drug-likeness (QED) is 0.679. The van der Waals surface area contributed by atoms with Crippen molar-refractivity contribution in [2.75, 3.05) is 0 Å². The van der Waals surface area contributed by atoms with E-state index in [-0.39, 0.29) is 45.6 Å². The molecule has 0 spiro atoms. The number of aromatic nitrogens is 1. The average Bonchev–Trinajstić information content (AvgIpc) is 3.48. The summed E-state index contributed by atoms with van der Waals surface area (Å²) in [5.74, 6) is -2.44. The molecule has 4 heterocycles. The highest BCUT2D eigenvalue weighted by molar-refractivity contribution is 8.00. The minimum Gasteiger partial charge on any atom is -0.480 e. The van der Waals surface area contributed by atoms with Crippen molar-refractivity contribution in [2.45, 2.75) is 35.6 Å². The summed E-state index contributed by atoms with van der Waals surface area (Å²) in [6, 6.07) is 2.94. The van der Waals surface area contributed by atoms with Gasteiger partial charge in [-0.2, -0.15) is 0 Å². The van der Waals surface area contributed by atoms with Gasteiger partial charge in [0.25, 0.3) is 0 Å². The van der Waals surface area contributed by atoms with Gasteiger partial charge in [-0.15, -0.1) is 23.1 Å². The lowest BCUT2D eigenvalue weighted by Gasteiger charge is -2.42. The molecule has 0 radical (unpaired) electrons. The Morgan fingerprint density at radius 1 is 1.23 bits per heavy atom. The highest BCUT2D eigenvalue weighted by Gasteiger charge is 2.70. The Morgan fingerprint density at radius 3 is 2.63 bits per heavy atom. The van der Waals surface area contributed by atoms with Crippen LogP contribution in [0.25, 0.3) is 0 Å². The smallest absolute Gasteiger partial charge is 0.326 e. The second-order valence-corrected chi connectivity index (χ2v) is 11.7. The maximum atomic E-state index is 13.2. The lowest BCUT2D eigenvalue weighted by Crippen LogP contribution is -2.44. The molecule has 2 aromatic heterocycles. The van der Waals surface area contributed by atoms with Crippen LogP contribution in [0.15, 0.2) is 27.3 Å². The molecule has 2 N–H and O–H groups in total. The minimum atomic E-state index is -1.16. The predicted octanol–water partition coefficient (Wildman–Crippen LogP) is 2.44. The summed E-state index contributed by atoms with van der Waals surface area (Å²) in [5.41, 5.74) is 0. The highest BCUT2D eigenvalue weighted by atomic mass is 32.2. The molecule has 156 valence electrons. The third kappa shape index (κ3) is 2.27. The Labute approximate surface area is 183 Å². The molecule has 2 amide bonds. The van der Waals surface area contributed by atoms with Crippen LogP contribution in [0.2, 0.25) is 0 Å². The summed E-state index contributed by atoms with van der Waals surface area (Å²) in [6.07, 6.45) is 0.811. The Morgan fingerprint density at radius 2 is 1.97 bits per heavy atom. The van der Waals surface area contributed by atoms with Crippen molar-refractivity contribution in [3.63, 3.8) is 0 Å². The largest absolute Gasteiger partial charge is 0.480 e. The molecule has 4 aliphatic rings. The van der Waals surface area contributed by atoms with Crippen molar-refractivity contribution in [3.8, 4) is 0 Å². The molecule has 2 aliphatic heterocycles. The Balaban J connectivity index is 1.45. The first kappa shape index (κ1) is 18.8. The van der Waals surface area contributed by atoms with Gasteiger partial charge in [-0.05, 0) is 42.5 Å². The standard InChI is InChI=1S/C20H18N2O5S3/c1-6(19(25)26)22-17(23)11-7-5-8(12(11)18(22)24)14-10(7)13(9-3-2-4-28-9)15-16(29-14)21-20(27)30-15/h2-4,6-8,10-14H,5H2,1H3,(H,21,27)(H,25,26)/t6-,7-,8-,10-,11+,12-,13+,14-/m1/s1. The van der Waals surface area contributed by atoms with Gasteiger partial charge in [0, 0.05) is 20.9 Å². The number of carboxylic acids is 1. The number of carboxylic acid groups (broad SMARTS) is 1. The average molecular weight is 463 g/mol. The number of thiophene rings is 1. The van der Waals surface area contributed by atoms with E-state index in [2.05, 4.69) is 11.1 Å². The molecule has 8 atom stereocenters. The Bertz CT molecular complexity index is 1140. The molecule has 2 bridgehead atoms. The monoisotopic (exact) mass is 462 g/mol. The molecule has 1 saturated heterocycles. The van der Waals surface area contributed by atoms with Gasteiger partial charge in [-0.3, -0.25) is 19.3 Å². The SMILES string of the molecule is C[C@H](C(=O)O)N1C(=O)[C@@H]2[C@H]3C[C@@H]([C@@H]2C1=O)[C@@H]1[C@H](c2cccs2)c2sc(=O)[nH]c2S[C@H]31. The molecule has 2 saturated carbocycles. The van der Waals surface area contributed by atoms with Crippen molar-refractivity contribution in [2.24, 2.45) is 29.6 Å². The number of hydrogen-bond acceptors (Lipinski definition) is 7. The van der Waals surface area contributed by atoms with Crippen molar-refractivity contribution in [1.29, 1.82) is 0 Å². The number of hydrogen-bond donors (Lipinski definition) is 2. The lowest BCUT2D eigenvalue weighted by molar-refractivity contribution is -0.154. The van der Waals surface area contributed by atoms with Crippen molar-refractivity contribution in [3.05, 3.63) is 36.9 Å². The van der Waals surface area contributed by atoms with Crippen LogP contribution in [-0.2, 0) is 14.4 Å². The fraction of sp³-hybridized carbons (Fsp3) is 0.500. The number of thiazole rings is 1. The molecule has 3 fully saturated rings. The third-order valence-electron chi connectivity index (χ3n) is 7.35. The predicted molar refractivity (Wildman–Crippen MR) is 112 cm³/mol. The molecule has 7 nitrogen and oxygen atoms in total. The second-order valence-electron chi connectivity index (χ2n) is 8.54. The fourth-order valence-corrected chi connectivity index (χ4v) is 10.2. The number of aromatic amines is 1. The number of fused-ring (bicyclic) bond motifs is 9. The van der Waals surface area contributed by atoms with Gasteiger partial charge in [0.15, 0.2) is 0 Å². The van der Waals surface area contributed by atoms with Gasteiger partial charge < -0.3 is 10.1 Å². The second kappa shape index (κ2) is 6.30.